The van der Waals surface area contributed by atoms with Crippen LogP contribution in [-0.4, -0.2) is 36.7 Å². The number of piperidine rings is 1. The molecule has 2 unspecified atom stereocenters. The molecule has 2 aliphatic rings. The molecule has 18 heavy (non-hydrogen) atoms. The van der Waals surface area contributed by atoms with Crippen LogP contribution in [0.4, 0.5) is 0 Å². The molecule has 0 bridgehead atoms. The molecule has 3 heteroatoms. The second-order valence-corrected chi connectivity index (χ2v) is 5.43. The topological polar surface area (TPSA) is 38.5 Å². The number of hydrogen-bond acceptors (Lipinski definition) is 3. The van der Waals surface area contributed by atoms with Gasteiger partial charge in [-0.05, 0) is 31.0 Å². The monoisotopic (exact) mass is 246 g/mol. The highest BCUT2D eigenvalue weighted by Gasteiger charge is 2.28. The molecular weight excluding hydrogens is 224 g/mol. The van der Waals surface area contributed by atoms with Crippen molar-refractivity contribution in [1.29, 1.82) is 0 Å². The van der Waals surface area contributed by atoms with Crippen molar-refractivity contribution in [2.45, 2.75) is 37.8 Å². The van der Waals surface area contributed by atoms with Crippen molar-refractivity contribution in [2.24, 2.45) is 5.73 Å². The van der Waals surface area contributed by atoms with Gasteiger partial charge in [-0.2, -0.15) is 0 Å². The minimum absolute atomic E-state index is 0.314. The molecule has 2 N–H and O–H groups in total. The van der Waals surface area contributed by atoms with Crippen LogP contribution in [0.3, 0.4) is 0 Å². The van der Waals surface area contributed by atoms with E-state index in [1.165, 1.54) is 31.4 Å². The van der Waals surface area contributed by atoms with Gasteiger partial charge >= 0.3 is 0 Å². The summed E-state index contributed by atoms with van der Waals surface area (Å²) >= 11 is 0. The summed E-state index contributed by atoms with van der Waals surface area (Å²) in [6.45, 7) is 2.98. The normalized spacial score (nSPS) is 27.8. The molecular formula is C15H22N2O. The Bertz CT molecular complexity index is 382. The van der Waals surface area contributed by atoms with Gasteiger partial charge in [-0.1, -0.05) is 24.6 Å². The second-order valence-electron chi connectivity index (χ2n) is 5.43. The van der Waals surface area contributed by atoms with E-state index in [0.717, 1.165) is 25.3 Å². The summed E-state index contributed by atoms with van der Waals surface area (Å²) in [7, 11) is 0. The smallest absolute Gasteiger partial charge is 0.123 e. The zero-order valence-corrected chi connectivity index (χ0v) is 10.8. The third-order valence-electron chi connectivity index (χ3n) is 4.17. The number of hydrogen-bond donors (Lipinski definition) is 1. The van der Waals surface area contributed by atoms with Crippen LogP contribution in [0.2, 0.25) is 0 Å². The number of likely N-dealkylation sites (tertiary alicyclic amines) is 1. The maximum absolute atomic E-state index is 6.02. The molecule has 2 heterocycles. The zero-order valence-electron chi connectivity index (χ0n) is 10.8. The summed E-state index contributed by atoms with van der Waals surface area (Å²) in [4.78, 5) is 2.53. The largest absolute Gasteiger partial charge is 0.488 e. The van der Waals surface area contributed by atoms with E-state index in [0.29, 0.717) is 12.1 Å². The quantitative estimate of drug-likeness (QED) is 0.884. The lowest BCUT2D eigenvalue weighted by Crippen LogP contribution is -2.48. The molecule has 0 aromatic heterocycles. The van der Waals surface area contributed by atoms with Crippen LogP contribution in [-0.2, 0) is 6.42 Å². The summed E-state index contributed by atoms with van der Waals surface area (Å²) in [6, 6.07) is 8.95. The Labute approximate surface area is 109 Å². The highest BCUT2D eigenvalue weighted by molar-refractivity contribution is 5.37. The molecule has 0 spiro atoms. The summed E-state index contributed by atoms with van der Waals surface area (Å²) in [5.74, 6) is 1.07. The maximum atomic E-state index is 6.02. The van der Waals surface area contributed by atoms with Gasteiger partial charge < -0.3 is 10.5 Å². The van der Waals surface area contributed by atoms with E-state index in [1.54, 1.807) is 0 Å². The third-order valence-corrected chi connectivity index (χ3v) is 4.17. The van der Waals surface area contributed by atoms with Crippen LogP contribution in [0.15, 0.2) is 24.3 Å². The van der Waals surface area contributed by atoms with Crippen LogP contribution in [0, 0.1) is 0 Å². The minimum Gasteiger partial charge on any atom is -0.488 e. The lowest BCUT2D eigenvalue weighted by molar-refractivity contribution is 0.0935. The molecule has 1 saturated heterocycles. The highest BCUT2D eigenvalue weighted by Crippen LogP contribution is 2.29. The Morgan fingerprint density at radius 3 is 3.00 bits per heavy atom. The van der Waals surface area contributed by atoms with Crippen molar-refractivity contribution in [3.8, 4) is 5.75 Å². The minimum atomic E-state index is 0.314. The van der Waals surface area contributed by atoms with E-state index in [-0.39, 0.29) is 0 Å². The van der Waals surface area contributed by atoms with Crippen molar-refractivity contribution in [3.63, 3.8) is 0 Å². The standard InChI is InChI=1S/C15H22N2O/c16-10-13-6-3-4-8-17(13)11-14-9-12-5-1-2-7-15(12)18-14/h1-2,5,7,13-14H,3-4,6,8-11,16H2. The second kappa shape index (κ2) is 5.29. The number of nitrogens with zero attached hydrogens (tertiary/aromatic N) is 1. The van der Waals surface area contributed by atoms with Gasteiger partial charge in [-0.3, -0.25) is 4.90 Å². The predicted molar refractivity (Wildman–Crippen MR) is 72.8 cm³/mol. The first kappa shape index (κ1) is 12.0. The van der Waals surface area contributed by atoms with Gasteiger partial charge in [0.25, 0.3) is 0 Å². The van der Waals surface area contributed by atoms with Crippen LogP contribution in [0.25, 0.3) is 0 Å². The Morgan fingerprint density at radius 1 is 1.28 bits per heavy atom. The van der Waals surface area contributed by atoms with Crippen molar-refractivity contribution in [1.82, 2.24) is 4.90 Å². The first-order valence-corrected chi connectivity index (χ1v) is 7.05. The molecule has 0 radical (unpaired) electrons. The fourth-order valence-electron chi connectivity index (χ4n) is 3.18. The van der Waals surface area contributed by atoms with E-state index in [9.17, 15) is 0 Å². The molecule has 2 aliphatic heterocycles. The average molecular weight is 246 g/mol. The van der Waals surface area contributed by atoms with E-state index < -0.39 is 0 Å². The van der Waals surface area contributed by atoms with Gasteiger partial charge in [0.1, 0.15) is 11.9 Å². The van der Waals surface area contributed by atoms with E-state index in [4.69, 9.17) is 10.5 Å². The first-order valence-electron chi connectivity index (χ1n) is 7.05. The Morgan fingerprint density at radius 2 is 2.17 bits per heavy atom. The molecule has 1 aromatic rings. The zero-order chi connectivity index (χ0) is 12.4. The molecule has 3 nitrogen and oxygen atoms in total. The van der Waals surface area contributed by atoms with Gasteiger partial charge in [-0.15, -0.1) is 0 Å². The molecule has 0 amide bonds. The average Bonchev–Trinajstić information content (AvgIpc) is 2.81. The van der Waals surface area contributed by atoms with E-state index in [1.807, 2.05) is 6.07 Å². The fraction of sp³-hybridized carbons (Fsp3) is 0.600. The summed E-state index contributed by atoms with van der Waals surface area (Å²) in [6.07, 6.45) is 5.23. The summed E-state index contributed by atoms with van der Waals surface area (Å²) in [5, 5.41) is 0. The Hall–Kier alpha value is -1.06. The summed E-state index contributed by atoms with van der Waals surface area (Å²) in [5.41, 5.74) is 7.22. The van der Waals surface area contributed by atoms with Crippen LogP contribution >= 0.6 is 0 Å². The van der Waals surface area contributed by atoms with Gasteiger partial charge in [0, 0.05) is 25.6 Å². The highest BCUT2D eigenvalue weighted by atomic mass is 16.5. The van der Waals surface area contributed by atoms with E-state index in [2.05, 4.69) is 23.1 Å². The molecule has 98 valence electrons. The van der Waals surface area contributed by atoms with Gasteiger partial charge in [0.2, 0.25) is 0 Å². The van der Waals surface area contributed by atoms with Crippen LogP contribution in [0.1, 0.15) is 24.8 Å². The van der Waals surface area contributed by atoms with Crippen molar-refractivity contribution < 1.29 is 4.74 Å². The van der Waals surface area contributed by atoms with Crippen LogP contribution in [0.5, 0.6) is 5.75 Å². The van der Waals surface area contributed by atoms with Gasteiger partial charge in [-0.25, -0.2) is 0 Å². The van der Waals surface area contributed by atoms with Crippen molar-refractivity contribution in [3.05, 3.63) is 29.8 Å². The predicted octanol–water partition coefficient (Wildman–Crippen LogP) is 1.80. The first-order chi connectivity index (χ1) is 8.86. The molecule has 1 aromatic carbocycles. The maximum Gasteiger partial charge on any atom is 0.123 e. The number of para-hydroxylation sites is 1. The Balaban J connectivity index is 1.61. The van der Waals surface area contributed by atoms with E-state index >= 15 is 0 Å². The number of ether oxygens (including phenoxy) is 1. The number of fused-ring (bicyclic) bond motifs is 1. The molecule has 0 aliphatic carbocycles. The Kier molecular flexibility index (Phi) is 3.52. The van der Waals surface area contributed by atoms with Gasteiger partial charge in [0.15, 0.2) is 0 Å². The van der Waals surface area contributed by atoms with Crippen LogP contribution < -0.4 is 10.5 Å². The SMILES string of the molecule is NCC1CCCCN1CC1Cc2ccccc2O1. The fourth-order valence-corrected chi connectivity index (χ4v) is 3.18. The number of rotatable bonds is 3. The molecule has 0 saturated carbocycles. The lowest BCUT2D eigenvalue weighted by atomic mass is 10.0. The molecule has 3 rings (SSSR count). The summed E-state index contributed by atoms with van der Waals surface area (Å²) < 4.78 is 6.02. The number of nitrogens with two attached hydrogens (primary N) is 1. The molecule has 1 fully saturated rings. The lowest BCUT2D eigenvalue weighted by Gasteiger charge is -2.36. The third kappa shape index (κ3) is 2.38. The van der Waals surface area contributed by atoms with Crippen molar-refractivity contribution in [2.75, 3.05) is 19.6 Å². The van der Waals surface area contributed by atoms with Crippen molar-refractivity contribution >= 4 is 0 Å². The molecule has 2 atom stereocenters. The number of benzene rings is 1. The van der Waals surface area contributed by atoms with Gasteiger partial charge in [0.05, 0.1) is 0 Å².